The monoisotopic (exact) mass is 517 g/mol. The molecule has 10 heteroatoms. The maximum atomic E-state index is 13.3. The smallest absolute Gasteiger partial charge is 0.387 e. The minimum absolute atomic E-state index is 0.0195. The van der Waals surface area contributed by atoms with E-state index in [2.05, 4.69) is 9.97 Å². The number of carbonyl (C=O) groups excluding carboxylic acids is 1. The molecule has 1 saturated carbocycles. The van der Waals surface area contributed by atoms with Gasteiger partial charge >= 0.3 is 6.61 Å². The summed E-state index contributed by atoms with van der Waals surface area (Å²) in [5.41, 5.74) is 4.74. The first-order chi connectivity index (χ1) is 18.4. The Bertz CT molecular complexity index is 1580. The Kier molecular flexibility index (Phi) is 5.07. The molecule has 2 aliphatic carbocycles. The number of carbonyl (C=O) groups is 1. The van der Waals surface area contributed by atoms with Gasteiger partial charge in [0, 0.05) is 53.8 Å². The van der Waals surface area contributed by atoms with Crippen LogP contribution in [0.4, 0.5) is 8.78 Å². The van der Waals surface area contributed by atoms with Crippen molar-refractivity contribution in [2.24, 2.45) is 0 Å². The van der Waals surface area contributed by atoms with Gasteiger partial charge in [-0.3, -0.25) is 4.79 Å². The lowest BCUT2D eigenvalue weighted by Crippen LogP contribution is -2.39. The summed E-state index contributed by atoms with van der Waals surface area (Å²) in [4.78, 5) is 24.1. The van der Waals surface area contributed by atoms with Crippen molar-refractivity contribution in [1.82, 2.24) is 24.5 Å². The first-order valence-electron chi connectivity index (χ1n) is 12.7. The SMILES string of the molecule is CN1C(=O)c2cccc(OC(F)F)c2C2CC1c1nn3ccc(-c4cnc(C5(CO)CCC5)nc4)cc3c12. The van der Waals surface area contributed by atoms with Gasteiger partial charge in [-0.1, -0.05) is 12.5 Å². The van der Waals surface area contributed by atoms with Crippen molar-refractivity contribution in [3.8, 4) is 16.9 Å². The van der Waals surface area contributed by atoms with E-state index in [1.54, 1.807) is 41.0 Å². The summed E-state index contributed by atoms with van der Waals surface area (Å²) in [7, 11) is 1.73. The van der Waals surface area contributed by atoms with E-state index in [0.717, 1.165) is 47.2 Å². The lowest BCUT2D eigenvalue weighted by Gasteiger charge is -2.38. The highest BCUT2D eigenvalue weighted by molar-refractivity contribution is 5.98. The zero-order chi connectivity index (χ0) is 26.2. The minimum Gasteiger partial charge on any atom is -0.434 e. The molecule has 1 amide bonds. The number of benzene rings is 1. The van der Waals surface area contributed by atoms with E-state index in [1.807, 2.05) is 18.3 Å². The van der Waals surface area contributed by atoms with Crippen LogP contribution < -0.4 is 4.74 Å². The van der Waals surface area contributed by atoms with Crippen LogP contribution in [-0.2, 0) is 5.41 Å². The molecule has 0 spiro atoms. The van der Waals surface area contributed by atoms with E-state index >= 15 is 0 Å². The van der Waals surface area contributed by atoms with Gasteiger partial charge in [0.05, 0.1) is 29.3 Å². The first-order valence-corrected chi connectivity index (χ1v) is 12.7. The third kappa shape index (κ3) is 3.22. The van der Waals surface area contributed by atoms with Crippen LogP contribution in [0.15, 0.2) is 48.9 Å². The van der Waals surface area contributed by atoms with Crippen LogP contribution >= 0.6 is 0 Å². The van der Waals surface area contributed by atoms with Crippen molar-refractivity contribution in [3.63, 3.8) is 0 Å². The topological polar surface area (TPSA) is 92.9 Å². The van der Waals surface area contributed by atoms with Crippen molar-refractivity contribution < 1.29 is 23.4 Å². The summed E-state index contributed by atoms with van der Waals surface area (Å²) in [6.07, 6.45) is 8.78. The number of rotatable bonds is 5. The molecule has 3 aliphatic rings. The Morgan fingerprint density at radius 1 is 1.16 bits per heavy atom. The number of pyridine rings is 1. The molecule has 8 nitrogen and oxygen atoms in total. The fourth-order valence-electron chi connectivity index (χ4n) is 6.35. The molecule has 1 aliphatic heterocycles. The second-order valence-corrected chi connectivity index (χ2v) is 10.4. The standard InChI is InChI=1S/C28H25F2N5O3/c1-34-20-11-18(22-17(25(34)37)4-2-5-21(22)38-27(29)30)23-19-10-15(6-9-35(19)33-24(20)23)16-12-31-26(32-13-16)28(14-36)7-3-8-28/h2,4-6,9-10,12-13,18,20,27,36H,3,7-8,11,14H2,1H3. The van der Waals surface area contributed by atoms with Gasteiger partial charge in [0.15, 0.2) is 0 Å². The fraction of sp³-hybridized carbons (Fsp3) is 0.357. The molecule has 1 N–H and O–H groups in total. The molecule has 0 radical (unpaired) electrons. The largest absolute Gasteiger partial charge is 0.434 e. The average Bonchev–Trinajstić information content (AvgIpc) is 3.41. The summed E-state index contributed by atoms with van der Waals surface area (Å²) in [6, 6.07) is 8.39. The van der Waals surface area contributed by atoms with Gasteiger partial charge in [0.25, 0.3) is 5.91 Å². The third-order valence-corrected chi connectivity index (χ3v) is 8.55. The highest BCUT2D eigenvalue weighted by Gasteiger charge is 2.46. The molecule has 0 saturated heterocycles. The quantitative estimate of drug-likeness (QED) is 0.420. The molecule has 4 aromatic rings. The van der Waals surface area contributed by atoms with Crippen LogP contribution in [-0.4, -0.2) is 55.8 Å². The summed E-state index contributed by atoms with van der Waals surface area (Å²) in [5.74, 6) is 0.122. The first kappa shape index (κ1) is 23.2. The van der Waals surface area contributed by atoms with Crippen molar-refractivity contribution in [2.45, 2.75) is 49.7 Å². The van der Waals surface area contributed by atoms with Gasteiger partial charge in [0.2, 0.25) is 0 Å². The van der Waals surface area contributed by atoms with E-state index in [-0.39, 0.29) is 35.6 Å². The van der Waals surface area contributed by atoms with Crippen LogP contribution in [0, 0.1) is 0 Å². The van der Waals surface area contributed by atoms with Gasteiger partial charge in [-0.15, -0.1) is 0 Å². The number of nitrogens with zero attached hydrogens (tertiary/aromatic N) is 5. The Balaban J connectivity index is 1.35. The fourth-order valence-corrected chi connectivity index (χ4v) is 6.35. The summed E-state index contributed by atoms with van der Waals surface area (Å²) in [6.45, 7) is -2.96. The zero-order valence-electron chi connectivity index (χ0n) is 20.6. The number of hydrogen-bond donors (Lipinski definition) is 1. The molecule has 2 atom stereocenters. The molecule has 7 rings (SSSR count). The van der Waals surface area contributed by atoms with Gasteiger partial charge in [-0.2, -0.15) is 13.9 Å². The normalized spacial score (nSPS) is 21.3. The van der Waals surface area contributed by atoms with Crippen molar-refractivity contribution >= 4 is 11.4 Å². The van der Waals surface area contributed by atoms with Gasteiger partial charge in [-0.05, 0) is 49.1 Å². The number of halogens is 2. The molecule has 2 bridgehead atoms. The predicted octanol–water partition coefficient (Wildman–Crippen LogP) is 4.47. The number of aromatic nitrogens is 4. The molecular weight excluding hydrogens is 492 g/mol. The third-order valence-electron chi connectivity index (χ3n) is 8.55. The predicted molar refractivity (Wildman–Crippen MR) is 133 cm³/mol. The summed E-state index contributed by atoms with van der Waals surface area (Å²) < 4.78 is 33.3. The van der Waals surface area contributed by atoms with Crippen LogP contribution in [0.3, 0.4) is 0 Å². The van der Waals surface area contributed by atoms with E-state index in [9.17, 15) is 18.7 Å². The Hall–Kier alpha value is -3.92. The minimum atomic E-state index is -3.00. The highest BCUT2D eigenvalue weighted by Crippen LogP contribution is 2.53. The van der Waals surface area contributed by atoms with E-state index in [0.29, 0.717) is 23.4 Å². The lowest BCUT2D eigenvalue weighted by atomic mass is 9.69. The van der Waals surface area contributed by atoms with Gasteiger partial charge in [-0.25, -0.2) is 14.5 Å². The average molecular weight is 518 g/mol. The maximum Gasteiger partial charge on any atom is 0.387 e. The summed E-state index contributed by atoms with van der Waals surface area (Å²) >= 11 is 0. The zero-order valence-corrected chi connectivity index (χ0v) is 20.6. The highest BCUT2D eigenvalue weighted by atomic mass is 19.3. The molecule has 1 fully saturated rings. The van der Waals surface area contributed by atoms with Crippen molar-refractivity contribution in [2.75, 3.05) is 13.7 Å². The van der Waals surface area contributed by atoms with Gasteiger partial charge < -0.3 is 14.7 Å². The molecule has 4 heterocycles. The number of aliphatic hydroxyl groups excluding tert-OH is 1. The van der Waals surface area contributed by atoms with E-state index < -0.39 is 6.61 Å². The number of amides is 1. The van der Waals surface area contributed by atoms with Crippen LogP contribution in [0.5, 0.6) is 5.75 Å². The van der Waals surface area contributed by atoms with Crippen LogP contribution in [0.25, 0.3) is 16.6 Å². The van der Waals surface area contributed by atoms with E-state index in [1.165, 1.54) is 6.07 Å². The van der Waals surface area contributed by atoms with Crippen molar-refractivity contribution in [1.29, 1.82) is 0 Å². The Morgan fingerprint density at radius 2 is 1.95 bits per heavy atom. The molecular formula is C28H25F2N5O3. The Labute approximate surface area is 216 Å². The molecule has 2 unspecified atom stereocenters. The number of hydrogen-bond acceptors (Lipinski definition) is 6. The molecule has 38 heavy (non-hydrogen) atoms. The number of ether oxygens (including phenoxy) is 1. The molecule has 3 aromatic heterocycles. The van der Waals surface area contributed by atoms with Crippen molar-refractivity contribution in [3.05, 3.63) is 77.1 Å². The van der Waals surface area contributed by atoms with E-state index in [4.69, 9.17) is 9.84 Å². The second kappa shape index (κ2) is 8.29. The maximum absolute atomic E-state index is 13.3. The number of alkyl halides is 2. The lowest BCUT2D eigenvalue weighted by molar-refractivity contribution is -0.0505. The number of fused-ring (bicyclic) bond motifs is 9. The second-order valence-electron chi connectivity index (χ2n) is 10.4. The Morgan fingerprint density at radius 3 is 2.63 bits per heavy atom. The molecule has 1 aromatic carbocycles. The van der Waals surface area contributed by atoms with Crippen LogP contribution in [0.1, 0.15) is 70.6 Å². The van der Waals surface area contributed by atoms with Gasteiger partial charge in [0.1, 0.15) is 11.6 Å². The number of aliphatic hydroxyl groups is 1. The summed E-state index contributed by atoms with van der Waals surface area (Å²) in [5, 5.41) is 14.7. The van der Waals surface area contributed by atoms with Crippen LogP contribution in [0.2, 0.25) is 0 Å². The molecule has 194 valence electrons.